The molecular formula is C13H17N3. The van der Waals surface area contributed by atoms with Crippen LogP contribution in [0.15, 0.2) is 36.4 Å². The van der Waals surface area contributed by atoms with Gasteiger partial charge in [0, 0.05) is 13.1 Å². The Morgan fingerprint density at radius 3 is 2.56 bits per heavy atom. The van der Waals surface area contributed by atoms with E-state index in [1.54, 1.807) is 4.68 Å². The molecule has 2 rings (SSSR count). The third-order valence-electron chi connectivity index (χ3n) is 2.71. The second-order valence-electron chi connectivity index (χ2n) is 4.02. The molecular weight excluding hydrogens is 198 g/mol. The van der Waals surface area contributed by atoms with Crippen molar-refractivity contribution in [2.24, 2.45) is 7.05 Å². The van der Waals surface area contributed by atoms with Crippen LogP contribution < -0.4 is 5.73 Å². The third kappa shape index (κ3) is 2.63. The fourth-order valence-corrected chi connectivity index (χ4v) is 1.78. The van der Waals surface area contributed by atoms with Crippen LogP contribution in [-0.2, 0) is 19.9 Å². The van der Waals surface area contributed by atoms with E-state index in [-0.39, 0.29) is 0 Å². The second-order valence-corrected chi connectivity index (χ2v) is 4.02. The van der Waals surface area contributed by atoms with Crippen LogP contribution in [0.5, 0.6) is 0 Å². The smallest absolute Gasteiger partial charge is 0.121 e. The highest BCUT2D eigenvalue weighted by Gasteiger charge is 2.01. The molecule has 0 amide bonds. The minimum Gasteiger partial charge on any atom is -0.384 e. The molecule has 0 saturated heterocycles. The Hall–Kier alpha value is -1.77. The van der Waals surface area contributed by atoms with E-state index in [2.05, 4.69) is 29.4 Å². The number of benzene rings is 1. The first kappa shape index (κ1) is 10.7. The summed E-state index contributed by atoms with van der Waals surface area (Å²) in [6.07, 6.45) is 3.19. The van der Waals surface area contributed by atoms with Crippen molar-refractivity contribution in [2.45, 2.75) is 19.3 Å². The number of nitrogens with zero attached hydrogens (tertiary/aromatic N) is 2. The van der Waals surface area contributed by atoms with Crippen molar-refractivity contribution in [2.75, 3.05) is 5.73 Å². The first-order valence-corrected chi connectivity index (χ1v) is 5.58. The van der Waals surface area contributed by atoms with Gasteiger partial charge in [0.05, 0.1) is 5.69 Å². The van der Waals surface area contributed by atoms with Gasteiger partial charge in [0.1, 0.15) is 5.82 Å². The van der Waals surface area contributed by atoms with Crippen LogP contribution in [0.1, 0.15) is 17.7 Å². The predicted molar refractivity (Wildman–Crippen MR) is 66.1 cm³/mol. The number of anilines is 1. The van der Waals surface area contributed by atoms with Crippen LogP contribution in [0.2, 0.25) is 0 Å². The molecule has 16 heavy (non-hydrogen) atoms. The van der Waals surface area contributed by atoms with Gasteiger partial charge >= 0.3 is 0 Å². The number of nitrogen functional groups attached to an aromatic ring is 1. The van der Waals surface area contributed by atoms with Gasteiger partial charge in [0.25, 0.3) is 0 Å². The van der Waals surface area contributed by atoms with E-state index >= 15 is 0 Å². The van der Waals surface area contributed by atoms with Gasteiger partial charge in [-0.15, -0.1) is 0 Å². The second kappa shape index (κ2) is 4.84. The molecule has 0 spiro atoms. The van der Waals surface area contributed by atoms with Gasteiger partial charge in [-0.05, 0) is 24.8 Å². The number of aromatic nitrogens is 2. The van der Waals surface area contributed by atoms with E-state index in [1.807, 2.05) is 19.2 Å². The van der Waals surface area contributed by atoms with Gasteiger partial charge in [-0.1, -0.05) is 30.3 Å². The van der Waals surface area contributed by atoms with Crippen LogP contribution in [0, 0.1) is 0 Å². The third-order valence-corrected chi connectivity index (χ3v) is 2.71. The standard InChI is InChI=1S/C13H17N3/c1-16-13(14)10-12(15-16)9-5-8-11-6-3-2-4-7-11/h2-4,6-7,10H,5,8-9,14H2,1H3. The molecule has 0 saturated carbocycles. The van der Waals surface area contributed by atoms with Gasteiger partial charge in [0.2, 0.25) is 0 Å². The average Bonchev–Trinajstić information content (AvgIpc) is 2.60. The van der Waals surface area contributed by atoms with Gasteiger partial charge in [-0.2, -0.15) is 5.10 Å². The molecule has 0 fully saturated rings. The van der Waals surface area contributed by atoms with Crippen molar-refractivity contribution in [1.29, 1.82) is 0 Å². The molecule has 1 aromatic carbocycles. The highest BCUT2D eigenvalue weighted by molar-refractivity contribution is 5.30. The van der Waals surface area contributed by atoms with Crippen molar-refractivity contribution in [3.8, 4) is 0 Å². The molecule has 1 aromatic heterocycles. The van der Waals surface area contributed by atoms with Crippen LogP contribution in [0.4, 0.5) is 5.82 Å². The van der Waals surface area contributed by atoms with Gasteiger partial charge in [-0.25, -0.2) is 0 Å². The Morgan fingerprint density at radius 2 is 1.94 bits per heavy atom. The van der Waals surface area contributed by atoms with Crippen LogP contribution in [-0.4, -0.2) is 9.78 Å². The summed E-state index contributed by atoms with van der Waals surface area (Å²) < 4.78 is 1.72. The van der Waals surface area contributed by atoms with E-state index in [0.717, 1.165) is 30.8 Å². The lowest BCUT2D eigenvalue weighted by atomic mass is 10.1. The number of hydrogen-bond acceptors (Lipinski definition) is 2. The fraction of sp³-hybridized carbons (Fsp3) is 0.308. The molecule has 0 radical (unpaired) electrons. The Balaban J connectivity index is 1.84. The van der Waals surface area contributed by atoms with Gasteiger partial charge in [-0.3, -0.25) is 4.68 Å². The topological polar surface area (TPSA) is 43.8 Å². The number of aryl methyl sites for hydroxylation is 3. The zero-order valence-electron chi connectivity index (χ0n) is 9.56. The molecule has 3 heteroatoms. The summed E-state index contributed by atoms with van der Waals surface area (Å²) in [7, 11) is 1.87. The summed E-state index contributed by atoms with van der Waals surface area (Å²) in [6, 6.07) is 12.5. The Kier molecular flexibility index (Phi) is 3.25. The van der Waals surface area contributed by atoms with E-state index in [9.17, 15) is 0 Å². The summed E-state index contributed by atoms with van der Waals surface area (Å²) in [4.78, 5) is 0. The monoisotopic (exact) mass is 215 g/mol. The highest BCUT2D eigenvalue weighted by Crippen LogP contribution is 2.09. The van der Waals surface area contributed by atoms with Crippen molar-refractivity contribution >= 4 is 5.82 Å². The van der Waals surface area contributed by atoms with Crippen LogP contribution in [0.25, 0.3) is 0 Å². The maximum Gasteiger partial charge on any atom is 0.121 e. The highest BCUT2D eigenvalue weighted by atomic mass is 15.3. The molecule has 1 heterocycles. The summed E-state index contributed by atoms with van der Waals surface area (Å²) in [6.45, 7) is 0. The van der Waals surface area contributed by atoms with Gasteiger partial charge in [0.15, 0.2) is 0 Å². The molecule has 0 bridgehead atoms. The molecule has 84 valence electrons. The largest absolute Gasteiger partial charge is 0.384 e. The Morgan fingerprint density at radius 1 is 1.19 bits per heavy atom. The predicted octanol–water partition coefficient (Wildman–Crippen LogP) is 2.18. The molecule has 0 aliphatic heterocycles. The van der Waals surface area contributed by atoms with Gasteiger partial charge < -0.3 is 5.73 Å². The first-order valence-electron chi connectivity index (χ1n) is 5.58. The maximum absolute atomic E-state index is 5.72. The zero-order valence-corrected chi connectivity index (χ0v) is 9.56. The maximum atomic E-state index is 5.72. The number of hydrogen-bond donors (Lipinski definition) is 1. The number of nitrogens with two attached hydrogens (primary N) is 1. The summed E-state index contributed by atoms with van der Waals surface area (Å²) >= 11 is 0. The average molecular weight is 215 g/mol. The van der Waals surface area contributed by atoms with Crippen LogP contribution >= 0.6 is 0 Å². The number of rotatable bonds is 4. The molecule has 2 N–H and O–H groups in total. The van der Waals surface area contributed by atoms with Crippen molar-refractivity contribution in [3.05, 3.63) is 47.7 Å². The van der Waals surface area contributed by atoms with Crippen molar-refractivity contribution in [3.63, 3.8) is 0 Å². The Labute approximate surface area is 95.9 Å². The fourth-order valence-electron chi connectivity index (χ4n) is 1.78. The quantitative estimate of drug-likeness (QED) is 0.849. The molecule has 3 nitrogen and oxygen atoms in total. The zero-order chi connectivity index (χ0) is 11.4. The van der Waals surface area contributed by atoms with E-state index < -0.39 is 0 Å². The molecule has 0 aliphatic carbocycles. The lowest BCUT2D eigenvalue weighted by Crippen LogP contribution is -1.97. The molecule has 0 aliphatic rings. The van der Waals surface area contributed by atoms with Crippen LogP contribution in [0.3, 0.4) is 0 Å². The lowest BCUT2D eigenvalue weighted by Gasteiger charge is -1.99. The molecule has 0 unspecified atom stereocenters. The SMILES string of the molecule is Cn1nc(CCCc2ccccc2)cc1N. The molecule has 0 atom stereocenters. The van der Waals surface area contributed by atoms with E-state index in [0.29, 0.717) is 0 Å². The summed E-state index contributed by atoms with van der Waals surface area (Å²) in [5, 5.41) is 4.33. The minimum absolute atomic E-state index is 0.731. The van der Waals surface area contributed by atoms with Crippen molar-refractivity contribution in [1.82, 2.24) is 9.78 Å². The first-order chi connectivity index (χ1) is 7.75. The van der Waals surface area contributed by atoms with E-state index in [1.165, 1.54) is 5.56 Å². The Bertz CT molecular complexity index is 426. The minimum atomic E-state index is 0.731. The van der Waals surface area contributed by atoms with E-state index in [4.69, 9.17) is 5.73 Å². The lowest BCUT2D eigenvalue weighted by molar-refractivity contribution is 0.725. The summed E-state index contributed by atoms with van der Waals surface area (Å²) in [5.41, 5.74) is 8.18. The normalized spacial score (nSPS) is 10.6. The summed E-state index contributed by atoms with van der Waals surface area (Å²) in [5.74, 6) is 0.731. The molecule has 2 aromatic rings. The van der Waals surface area contributed by atoms with Crippen molar-refractivity contribution < 1.29 is 0 Å².